The molecule has 0 bridgehead atoms. The van der Waals surface area contributed by atoms with Gasteiger partial charge in [-0.15, -0.1) is 0 Å². The third-order valence-electron chi connectivity index (χ3n) is 4.69. The van der Waals surface area contributed by atoms with Crippen LogP contribution in [0.4, 0.5) is 11.4 Å². The van der Waals surface area contributed by atoms with Crippen molar-refractivity contribution in [1.29, 1.82) is 0 Å². The van der Waals surface area contributed by atoms with Crippen molar-refractivity contribution in [3.05, 3.63) is 48.5 Å². The van der Waals surface area contributed by atoms with Crippen LogP contribution in [0.5, 0.6) is 11.5 Å². The minimum Gasteiger partial charge on any atom is -0.488 e. The number of para-hydroxylation sites is 4. The number of ether oxygens (including phenoxy) is 2. The topological polar surface area (TPSA) is 66.6 Å². The highest BCUT2D eigenvalue weighted by Gasteiger charge is 2.22. The largest absolute Gasteiger partial charge is 0.488 e. The maximum atomic E-state index is 5.93. The van der Waals surface area contributed by atoms with E-state index in [4.69, 9.17) is 33.9 Å². The van der Waals surface area contributed by atoms with Gasteiger partial charge in [0.1, 0.15) is 24.7 Å². The predicted octanol–water partition coefficient (Wildman–Crippen LogP) is 4.04. The molecule has 6 nitrogen and oxygen atoms in total. The van der Waals surface area contributed by atoms with Gasteiger partial charge >= 0.3 is 0 Å². The van der Waals surface area contributed by atoms with Crippen molar-refractivity contribution in [3.63, 3.8) is 0 Å². The molecule has 0 aromatic heterocycles. The van der Waals surface area contributed by atoms with Gasteiger partial charge in [0.25, 0.3) is 0 Å². The molecule has 0 aliphatic heterocycles. The molecule has 4 rings (SSSR count). The number of hydrogen-bond acceptors (Lipinski definition) is 4. The summed E-state index contributed by atoms with van der Waals surface area (Å²) in [5.41, 5.74) is 1.68. The number of benzene rings is 2. The summed E-state index contributed by atoms with van der Waals surface area (Å²) in [4.78, 5) is 0. The minimum absolute atomic E-state index is 0.403. The molecule has 0 saturated heterocycles. The van der Waals surface area contributed by atoms with Gasteiger partial charge in [0.05, 0.1) is 11.4 Å². The van der Waals surface area contributed by atoms with Gasteiger partial charge in [-0.3, -0.25) is 0 Å². The van der Waals surface area contributed by atoms with E-state index in [2.05, 4.69) is 21.3 Å². The van der Waals surface area contributed by atoms with Crippen molar-refractivity contribution in [2.75, 3.05) is 23.8 Å². The Bertz CT molecular complexity index is 827. The van der Waals surface area contributed by atoms with Crippen LogP contribution in [-0.4, -0.2) is 35.5 Å². The first-order valence-corrected chi connectivity index (χ1v) is 11.1. The Morgan fingerprint density at radius 3 is 1.50 bits per heavy atom. The number of hydrogen-bond donors (Lipinski definition) is 4. The van der Waals surface area contributed by atoms with Crippen molar-refractivity contribution >= 4 is 46.0 Å². The zero-order valence-corrected chi connectivity index (χ0v) is 18.3. The lowest BCUT2D eigenvalue weighted by Crippen LogP contribution is -2.30. The van der Waals surface area contributed by atoms with Gasteiger partial charge < -0.3 is 30.7 Å². The standard InChI is InChI=1S/C22H26N4O2S2/c29-21(23-15-9-10-15)25-17-5-1-3-7-19(17)27-13-14-28-20-8-4-2-6-18(20)26-22(30)24-16-11-12-16/h1-8,15-16H,9-14H2,(H2,23,25,29)(H2,24,26,30). The second kappa shape index (κ2) is 9.95. The maximum Gasteiger partial charge on any atom is 0.171 e. The van der Waals surface area contributed by atoms with Crippen LogP contribution in [0.15, 0.2) is 48.5 Å². The smallest absolute Gasteiger partial charge is 0.171 e. The third kappa shape index (κ3) is 6.47. The molecule has 30 heavy (non-hydrogen) atoms. The lowest BCUT2D eigenvalue weighted by atomic mass is 10.3. The van der Waals surface area contributed by atoms with E-state index in [9.17, 15) is 0 Å². The molecule has 2 saturated carbocycles. The Morgan fingerprint density at radius 2 is 1.10 bits per heavy atom. The van der Waals surface area contributed by atoms with Gasteiger partial charge in [-0.25, -0.2) is 0 Å². The molecule has 0 atom stereocenters. The van der Waals surface area contributed by atoms with Crippen LogP contribution < -0.4 is 30.7 Å². The summed E-state index contributed by atoms with van der Waals surface area (Å²) in [5, 5.41) is 14.2. The van der Waals surface area contributed by atoms with Crippen LogP contribution in [0, 0.1) is 0 Å². The van der Waals surface area contributed by atoms with Crippen LogP contribution >= 0.6 is 24.4 Å². The number of nitrogens with one attached hydrogen (secondary N) is 4. The lowest BCUT2D eigenvalue weighted by molar-refractivity contribution is 0.218. The molecule has 2 aliphatic rings. The van der Waals surface area contributed by atoms with Gasteiger partial charge in [-0.2, -0.15) is 0 Å². The molecule has 0 heterocycles. The SMILES string of the molecule is S=C(Nc1ccccc1OCCOc1ccccc1NC(=S)NC1CC1)NC1CC1. The zero-order valence-electron chi connectivity index (χ0n) is 16.6. The summed E-state index contributed by atoms with van der Waals surface area (Å²) < 4.78 is 11.9. The van der Waals surface area contributed by atoms with Crippen molar-refractivity contribution < 1.29 is 9.47 Å². The fourth-order valence-electron chi connectivity index (χ4n) is 2.84. The molecule has 0 spiro atoms. The van der Waals surface area contributed by atoms with E-state index in [-0.39, 0.29) is 0 Å². The maximum absolute atomic E-state index is 5.93. The van der Waals surface area contributed by atoms with Gasteiger partial charge in [-0.1, -0.05) is 24.3 Å². The average Bonchev–Trinajstić information content (AvgIpc) is 3.65. The fourth-order valence-corrected chi connectivity index (χ4v) is 3.39. The van der Waals surface area contributed by atoms with Crippen molar-refractivity contribution in [2.24, 2.45) is 0 Å². The van der Waals surface area contributed by atoms with E-state index in [0.717, 1.165) is 22.9 Å². The van der Waals surface area contributed by atoms with Crippen molar-refractivity contribution in [2.45, 2.75) is 37.8 Å². The summed E-state index contributed by atoms with van der Waals surface area (Å²) >= 11 is 10.7. The van der Waals surface area contributed by atoms with E-state index >= 15 is 0 Å². The highest BCUT2D eigenvalue weighted by atomic mass is 32.1. The van der Waals surface area contributed by atoms with E-state index in [1.165, 1.54) is 25.7 Å². The summed E-state index contributed by atoms with van der Waals surface area (Å²) in [6.45, 7) is 0.807. The first-order chi connectivity index (χ1) is 14.7. The second-order valence-corrected chi connectivity index (χ2v) is 8.25. The molecule has 0 amide bonds. The molecule has 158 valence electrons. The first-order valence-electron chi connectivity index (χ1n) is 10.3. The lowest BCUT2D eigenvalue weighted by Gasteiger charge is -2.16. The Morgan fingerprint density at radius 1 is 0.700 bits per heavy atom. The quantitative estimate of drug-likeness (QED) is 0.343. The normalized spacial score (nSPS) is 15.1. The molecule has 8 heteroatoms. The Kier molecular flexibility index (Phi) is 6.86. The first kappa shape index (κ1) is 20.7. The van der Waals surface area contributed by atoms with Crippen LogP contribution in [0.3, 0.4) is 0 Å². The molecular weight excluding hydrogens is 416 g/mol. The van der Waals surface area contributed by atoms with E-state index in [0.29, 0.717) is 35.5 Å². The number of thiocarbonyl (C=S) groups is 2. The predicted molar refractivity (Wildman–Crippen MR) is 129 cm³/mol. The third-order valence-corrected chi connectivity index (χ3v) is 5.13. The van der Waals surface area contributed by atoms with E-state index in [1.54, 1.807) is 0 Å². The minimum atomic E-state index is 0.403. The van der Waals surface area contributed by atoms with E-state index < -0.39 is 0 Å². The van der Waals surface area contributed by atoms with Gasteiger partial charge in [0.15, 0.2) is 10.2 Å². The van der Waals surface area contributed by atoms with Crippen LogP contribution in [-0.2, 0) is 0 Å². The summed E-state index contributed by atoms with van der Waals surface area (Å²) in [6.07, 6.45) is 4.70. The van der Waals surface area contributed by atoms with Crippen LogP contribution in [0.2, 0.25) is 0 Å². The Balaban J connectivity index is 1.26. The fraction of sp³-hybridized carbons (Fsp3) is 0.364. The molecule has 2 aromatic carbocycles. The average molecular weight is 443 g/mol. The number of anilines is 2. The van der Waals surface area contributed by atoms with Crippen molar-refractivity contribution in [1.82, 2.24) is 10.6 Å². The van der Waals surface area contributed by atoms with Crippen molar-refractivity contribution in [3.8, 4) is 11.5 Å². The Labute approximate surface area is 187 Å². The van der Waals surface area contributed by atoms with Gasteiger partial charge in [0, 0.05) is 12.1 Å². The van der Waals surface area contributed by atoms with E-state index in [1.807, 2.05) is 48.5 Å². The van der Waals surface area contributed by atoms with Gasteiger partial charge in [-0.05, 0) is 74.4 Å². The molecule has 0 radical (unpaired) electrons. The molecule has 4 N–H and O–H groups in total. The molecule has 2 aliphatic carbocycles. The molecular formula is C22H26N4O2S2. The molecule has 2 fully saturated rings. The highest BCUT2D eigenvalue weighted by molar-refractivity contribution is 7.80. The highest BCUT2D eigenvalue weighted by Crippen LogP contribution is 2.26. The molecule has 2 aromatic rings. The summed E-state index contributed by atoms with van der Waals surface area (Å²) in [7, 11) is 0. The van der Waals surface area contributed by atoms with Crippen LogP contribution in [0.1, 0.15) is 25.7 Å². The monoisotopic (exact) mass is 442 g/mol. The molecule has 0 unspecified atom stereocenters. The van der Waals surface area contributed by atoms with Crippen LogP contribution in [0.25, 0.3) is 0 Å². The Hall–Kier alpha value is -2.58. The zero-order chi connectivity index (χ0) is 20.8. The summed E-state index contributed by atoms with van der Waals surface area (Å²) in [6, 6.07) is 16.5. The second-order valence-electron chi connectivity index (χ2n) is 7.43. The van der Waals surface area contributed by atoms with Gasteiger partial charge in [0.2, 0.25) is 0 Å². The number of rotatable bonds is 9. The summed E-state index contributed by atoms with van der Waals surface area (Å²) in [5.74, 6) is 1.48.